The van der Waals surface area contributed by atoms with Crippen molar-refractivity contribution in [2.75, 3.05) is 11.9 Å². The van der Waals surface area contributed by atoms with Gasteiger partial charge >= 0.3 is 0 Å². The number of nitrogens with one attached hydrogen (secondary N) is 1. The van der Waals surface area contributed by atoms with Crippen LogP contribution >= 0.6 is 22.7 Å². The third-order valence-electron chi connectivity index (χ3n) is 4.77. The molecule has 1 aliphatic rings. The summed E-state index contributed by atoms with van der Waals surface area (Å²) in [5.74, 6) is -0.487. The van der Waals surface area contributed by atoms with Crippen molar-refractivity contribution in [2.24, 2.45) is 0 Å². The molecule has 2 amide bonds. The summed E-state index contributed by atoms with van der Waals surface area (Å²) < 4.78 is 0. The van der Waals surface area contributed by atoms with Crippen molar-refractivity contribution in [2.45, 2.75) is 25.8 Å². The molecule has 1 unspecified atom stereocenters. The lowest BCUT2D eigenvalue weighted by Gasteiger charge is -2.22. The van der Waals surface area contributed by atoms with Gasteiger partial charge in [-0.1, -0.05) is 47.7 Å². The zero-order valence-corrected chi connectivity index (χ0v) is 17.4. The van der Waals surface area contributed by atoms with Crippen LogP contribution in [0.5, 0.6) is 0 Å². The second-order valence-electron chi connectivity index (χ2n) is 6.74. The Hall–Kier alpha value is -2.84. The molecule has 2 aromatic heterocycles. The minimum atomic E-state index is -0.533. The number of carbonyl (C=O) groups excluding carboxylic acids is 3. The van der Waals surface area contributed by atoms with Gasteiger partial charge in [0.2, 0.25) is 5.91 Å². The average Bonchev–Trinajstić information content (AvgIpc) is 3.47. The molecule has 0 saturated carbocycles. The number of hydrogen-bond donors (Lipinski definition) is 1. The minimum Gasteiger partial charge on any atom is -0.326 e. The molecule has 29 heavy (non-hydrogen) atoms. The highest BCUT2D eigenvalue weighted by atomic mass is 32.1. The van der Waals surface area contributed by atoms with E-state index in [0.717, 1.165) is 23.3 Å². The quantitative estimate of drug-likeness (QED) is 0.618. The summed E-state index contributed by atoms with van der Waals surface area (Å²) in [7, 11) is 0. The molecule has 4 rings (SSSR count). The first kappa shape index (κ1) is 19.5. The predicted molar refractivity (Wildman–Crippen MR) is 115 cm³/mol. The summed E-state index contributed by atoms with van der Waals surface area (Å²) in [6.45, 7) is 2.05. The maximum atomic E-state index is 12.9. The molecule has 3 heterocycles. The summed E-state index contributed by atoms with van der Waals surface area (Å²) in [5.41, 5.74) is 1.39. The van der Waals surface area contributed by atoms with E-state index in [1.54, 1.807) is 11.0 Å². The van der Waals surface area contributed by atoms with Gasteiger partial charge in [-0.25, -0.2) is 4.98 Å². The molecule has 6 nitrogen and oxygen atoms in total. The number of Topliss-reactive ketones (excluding diaryl/α,β-unsaturated/α-hetero) is 1. The van der Waals surface area contributed by atoms with Gasteiger partial charge in [0.05, 0.1) is 15.4 Å². The number of aromatic nitrogens is 1. The lowest BCUT2D eigenvalue weighted by Crippen LogP contribution is -2.42. The molecule has 1 N–H and O–H groups in total. The minimum absolute atomic E-state index is 0.0998. The van der Waals surface area contributed by atoms with Crippen molar-refractivity contribution in [1.29, 1.82) is 0 Å². The third-order valence-corrected chi connectivity index (χ3v) is 6.70. The first-order valence-electron chi connectivity index (χ1n) is 9.27. The number of ketones is 1. The summed E-state index contributed by atoms with van der Waals surface area (Å²) in [5, 5.41) is 5.04. The van der Waals surface area contributed by atoms with E-state index in [9.17, 15) is 14.4 Å². The van der Waals surface area contributed by atoms with E-state index in [1.807, 2.05) is 41.8 Å². The topological polar surface area (TPSA) is 79.4 Å². The maximum absolute atomic E-state index is 12.9. The molecule has 8 heteroatoms. The summed E-state index contributed by atoms with van der Waals surface area (Å²) in [4.78, 5) is 44.9. The third kappa shape index (κ3) is 3.99. The van der Waals surface area contributed by atoms with Crippen molar-refractivity contribution < 1.29 is 14.4 Å². The Labute approximate surface area is 176 Å². The van der Waals surface area contributed by atoms with Gasteiger partial charge < -0.3 is 10.2 Å². The molecular formula is C21H19N3O3S2. The van der Waals surface area contributed by atoms with Crippen LogP contribution in [0, 0.1) is 0 Å². The van der Waals surface area contributed by atoms with Gasteiger partial charge in [0.25, 0.3) is 5.91 Å². The fourth-order valence-corrected chi connectivity index (χ4v) is 4.98. The van der Waals surface area contributed by atoms with Crippen molar-refractivity contribution in [1.82, 2.24) is 9.88 Å². The van der Waals surface area contributed by atoms with Crippen molar-refractivity contribution >= 4 is 45.4 Å². The molecule has 0 bridgehead atoms. The molecule has 1 aromatic carbocycles. The number of thiophene rings is 1. The molecule has 1 saturated heterocycles. The molecule has 1 fully saturated rings. The maximum Gasteiger partial charge on any atom is 0.264 e. The number of thiazole rings is 1. The number of amides is 2. The molecule has 0 aliphatic carbocycles. The highest BCUT2D eigenvalue weighted by Crippen LogP contribution is 2.32. The van der Waals surface area contributed by atoms with E-state index in [-0.39, 0.29) is 17.6 Å². The number of benzene rings is 1. The van der Waals surface area contributed by atoms with Crippen molar-refractivity contribution in [3.8, 4) is 11.3 Å². The predicted octanol–water partition coefficient (Wildman–Crippen LogP) is 4.32. The summed E-state index contributed by atoms with van der Waals surface area (Å²) >= 11 is 2.53. The smallest absolute Gasteiger partial charge is 0.264 e. The molecule has 3 aromatic rings. The lowest BCUT2D eigenvalue weighted by atomic mass is 10.1. The average molecular weight is 426 g/mol. The van der Waals surface area contributed by atoms with E-state index in [4.69, 9.17) is 0 Å². The van der Waals surface area contributed by atoms with Crippen LogP contribution in [0.25, 0.3) is 11.3 Å². The van der Waals surface area contributed by atoms with Gasteiger partial charge in [0.15, 0.2) is 10.9 Å². The lowest BCUT2D eigenvalue weighted by molar-refractivity contribution is -0.119. The molecule has 1 aliphatic heterocycles. The van der Waals surface area contributed by atoms with Gasteiger partial charge in [-0.2, -0.15) is 0 Å². The van der Waals surface area contributed by atoms with Crippen LogP contribution in [-0.4, -0.2) is 40.1 Å². The first-order chi connectivity index (χ1) is 14.0. The van der Waals surface area contributed by atoms with Gasteiger partial charge in [-0.15, -0.1) is 11.3 Å². The highest BCUT2D eigenvalue weighted by Gasteiger charge is 2.35. The van der Waals surface area contributed by atoms with Crippen molar-refractivity contribution in [3.05, 3.63) is 57.6 Å². The largest absolute Gasteiger partial charge is 0.326 e. The van der Waals surface area contributed by atoms with Gasteiger partial charge in [0.1, 0.15) is 6.04 Å². The Morgan fingerprint density at radius 1 is 1.14 bits per heavy atom. The van der Waals surface area contributed by atoms with Crippen molar-refractivity contribution in [3.63, 3.8) is 0 Å². The zero-order chi connectivity index (χ0) is 20.4. The standard InChI is InChI=1S/C21H19N3O3S2/c1-13(25)18-17(14-7-3-2-4-8-14)22-21(29-18)23-19(26)15-9-5-11-24(15)20(27)16-10-6-12-28-16/h2-4,6-8,10,12,15H,5,9,11H2,1H3,(H,22,23,26). The van der Waals surface area contributed by atoms with E-state index >= 15 is 0 Å². The Morgan fingerprint density at radius 3 is 2.62 bits per heavy atom. The number of hydrogen-bond acceptors (Lipinski definition) is 6. The second kappa shape index (κ2) is 8.26. The van der Waals surface area contributed by atoms with Crippen LogP contribution in [0.3, 0.4) is 0 Å². The highest BCUT2D eigenvalue weighted by molar-refractivity contribution is 7.18. The molecule has 1 atom stereocenters. The van der Waals surface area contributed by atoms with E-state index < -0.39 is 6.04 Å². The monoisotopic (exact) mass is 425 g/mol. The van der Waals surface area contributed by atoms with Crippen LogP contribution in [0.2, 0.25) is 0 Å². The Morgan fingerprint density at radius 2 is 1.93 bits per heavy atom. The second-order valence-corrected chi connectivity index (χ2v) is 8.69. The summed E-state index contributed by atoms with van der Waals surface area (Å²) in [6, 6.07) is 12.5. The fraction of sp³-hybridized carbons (Fsp3) is 0.238. The molecule has 0 radical (unpaired) electrons. The number of likely N-dealkylation sites (tertiary alicyclic amines) is 1. The first-order valence-corrected chi connectivity index (χ1v) is 11.0. The molecule has 148 valence electrons. The number of nitrogens with zero attached hydrogens (tertiary/aromatic N) is 2. The van der Waals surface area contributed by atoms with Crippen LogP contribution in [0.15, 0.2) is 47.8 Å². The molecule has 0 spiro atoms. The Balaban J connectivity index is 1.55. The van der Waals surface area contributed by atoms with Crippen LogP contribution in [0.1, 0.15) is 39.1 Å². The Kier molecular flexibility index (Phi) is 5.55. The summed E-state index contributed by atoms with van der Waals surface area (Å²) in [6.07, 6.45) is 1.39. The molecular weight excluding hydrogens is 406 g/mol. The van der Waals surface area contributed by atoms with Crippen LogP contribution in [-0.2, 0) is 4.79 Å². The zero-order valence-electron chi connectivity index (χ0n) is 15.8. The van der Waals surface area contributed by atoms with E-state index in [2.05, 4.69) is 10.3 Å². The fourth-order valence-electron chi connectivity index (χ4n) is 3.42. The van der Waals surface area contributed by atoms with Crippen LogP contribution < -0.4 is 5.32 Å². The van der Waals surface area contributed by atoms with E-state index in [0.29, 0.717) is 33.5 Å². The van der Waals surface area contributed by atoms with Crippen LogP contribution in [0.4, 0.5) is 5.13 Å². The Bertz CT molecular complexity index is 1040. The number of carbonyl (C=O) groups is 3. The van der Waals surface area contributed by atoms with E-state index in [1.165, 1.54) is 18.3 Å². The van der Waals surface area contributed by atoms with Gasteiger partial charge in [-0.3, -0.25) is 14.4 Å². The normalized spacial score (nSPS) is 16.0. The SMILES string of the molecule is CC(=O)c1sc(NC(=O)C2CCCN2C(=O)c2cccs2)nc1-c1ccccc1. The van der Waals surface area contributed by atoms with Gasteiger partial charge in [-0.05, 0) is 24.3 Å². The van der Waals surface area contributed by atoms with Gasteiger partial charge in [0, 0.05) is 19.0 Å². The number of rotatable bonds is 5. The number of anilines is 1.